The molecule has 1 aliphatic rings. The van der Waals surface area contributed by atoms with Gasteiger partial charge in [0.05, 0.1) is 24.6 Å². The maximum atomic E-state index is 12.7. The average Bonchev–Trinajstić information content (AvgIpc) is 2.96. The number of oxazole rings is 1. The predicted molar refractivity (Wildman–Crippen MR) is 95.5 cm³/mol. The number of carboxylic acids is 1. The first kappa shape index (κ1) is 17.5. The third-order valence-electron chi connectivity index (χ3n) is 4.19. The Morgan fingerprint density at radius 3 is 2.84 bits per heavy atom. The van der Waals surface area contributed by atoms with Gasteiger partial charge in [-0.25, -0.2) is 4.98 Å². The van der Waals surface area contributed by atoms with Gasteiger partial charge in [-0.3, -0.25) is 9.59 Å². The van der Waals surface area contributed by atoms with Crippen molar-refractivity contribution in [2.45, 2.75) is 25.8 Å². The van der Waals surface area contributed by atoms with Crippen LogP contribution in [-0.2, 0) is 16.0 Å². The molecule has 1 N–H and O–H groups in total. The fourth-order valence-electron chi connectivity index (χ4n) is 2.89. The van der Waals surface area contributed by atoms with Gasteiger partial charge in [0.2, 0.25) is 11.8 Å². The monoisotopic (exact) mass is 360 g/mol. The molecule has 132 valence electrons. The van der Waals surface area contributed by atoms with Crippen molar-refractivity contribution in [1.29, 1.82) is 0 Å². The van der Waals surface area contributed by atoms with Crippen LogP contribution in [0.15, 0.2) is 34.7 Å². The molecule has 0 saturated carbocycles. The van der Waals surface area contributed by atoms with E-state index in [1.165, 1.54) is 0 Å². The van der Waals surface area contributed by atoms with E-state index >= 15 is 0 Å². The lowest BCUT2D eigenvalue weighted by atomic mass is 10.1. The van der Waals surface area contributed by atoms with Gasteiger partial charge in [0.1, 0.15) is 5.76 Å². The minimum Gasteiger partial charge on any atom is -0.481 e. The van der Waals surface area contributed by atoms with Gasteiger partial charge in [0.15, 0.2) is 0 Å². The van der Waals surface area contributed by atoms with Crippen molar-refractivity contribution in [2.24, 2.45) is 0 Å². The van der Waals surface area contributed by atoms with Crippen molar-refractivity contribution in [2.75, 3.05) is 18.1 Å². The molecule has 0 spiro atoms. The molecule has 0 radical (unpaired) electrons. The average molecular weight is 360 g/mol. The first-order valence-electron chi connectivity index (χ1n) is 8.15. The second-order valence-electron chi connectivity index (χ2n) is 5.98. The van der Waals surface area contributed by atoms with Crippen molar-refractivity contribution in [3.05, 3.63) is 41.8 Å². The Hall–Kier alpha value is -2.28. The van der Waals surface area contributed by atoms with E-state index in [1.807, 2.05) is 30.3 Å². The van der Waals surface area contributed by atoms with Gasteiger partial charge in [0.25, 0.3) is 0 Å². The fourth-order valence-corrected chi connectivity index (χ4v) is 3.96. The number of rotatable bonds is 5. The number of hydrogen-bond donors (Lipinski definition) is 1. The number of carbonyl (C=O) groups is 2. The van der Waals surface area contributed by atoms with Crippen LogP contribution in [0.2, 0.25) is 0 Å². The first-order chi connectivity index (χ1) is 12.0. The Bertz CT molecular complexity index is 760. The summed E-state index contributed by atoms with van der Waals surface area (Å²) in [6, 6.07) is 9.28. The molecule has 1 aliphatic heterocycles. The molecular formula is C18H20N2O4S. The summed E-state index contributed by atoms with van der Waals surface area (Å²) in [6.45, 7) is 2.37. The number of carboxylic acid groups (broad SMARTS) is 1. The summed E-state index contributed by atoms with van der Waals surface area (Å²) >= 11 is 1.69. The Morgan fingerprint density at radius 1 is 1.36 bits per heavy atom. The number of aryl methyl sites for hydroxylation is 1. The quantitative estimate of drug-likeness (QED) is 0.882. The molecule has 1 unspecified atom stereocenters. The van der Waals surface area contributed by atoms with Gasteiger partial charge >= 0.3 is 5.97 Å². The van der Waals surface area contributed by atoms with Gasteiger partial charge in [-0.05, 0) is 19.1 Å². The highest BCUT2D eigenvalue weighted by Crippen LogP contribution is 2.24. The summed E-state index contributed by atoms with van der Waals surface area (Å²) in [6.07, 6.45) is 0.106. The normalized spacial score (nSPS) is 17.5. The molecule has 1 aromatic carbocycles. The molecule has 0 bridgehead atoms. The van der Waals surface area contributed by atoms with Crippen molar-refractivity contribution < 1.29 is 19.1 Å². The molecule has 6 nitrogen and oxygen atoms in total. The Labute approximate surface area is 150 Å². The summed E-state index contributed by atoms with van der Waals surface area (Å²) < 4.78 is 5.70. The number of aromatic nitrogens is 1. The van der Waals surface area contributed by atoms with Crippen LogP contribution in [0, 0.1) is 6.92 Å². The fraction of sp³-hybridized carbons (Fsp3) is 0.389. The van der Waals surface area contributed by atoms with Crippen LogP contribution in [0.4, 0.5) is 0 Å². The molecule has 1 atom stereocenters. The van der Waals surface area contributed by atoms with Crippen molar-refractivity contribution >= 4 is 23.6 Å². The molecule has 2 heterocycles. The maximum absolute atomic E-state index is 12.7. The molecular weight excluding hydrogens is 340 g/mol. The van der Waals surface area contributed by atoms with Crippen LogP contribution in [0.5, 0.6) is 0 Å². The van der Waals surface area contributed by atoms with Crippen LogP contribution in [0.1, 0.15) is 17.9 Å². The molecule has 0 aliphatic carbocycles. The third kappa shape index (κ3) is 4.22. The largest absolute Gasteiger partial charge is 0.481 e. The van der Waals surface area contributed by atoms with Crippen LogP contribution < -0.4 is 0 Å². The van der Waals surface area contributed by atoms with Crippen molar-refractivity contribution in [3.63, 3.8) is 0 Å². The summed E-state index contributed by atoms with van der Waals surface area (Å²) in [5.74, 6) is 1.63. The van der Waals surface area contributed by atoms with E-state index in [2.05, 4.69) is 4.98 Å². The zero-order valence-corrected chi connectivity index (χ0v) is 14.8. The number of carbonyl (C=O) groups excluding carboxylic acids is 1. The standard InChI is InChI=1S/C18H20N2O4S/c1-12-15(19-18(24-12)13-5-3-2-4-6-13)10-16(21)20-7-8-25-11-14(20)9-17(22)23/h2-6,14H,7-11H2,1H3,(H,22,23). The zero-order valence-electron chi connectivity index (χ0n) is 14.0. The Balaban J connectivity index is 1.74. The Morgan fingerprint density at radius 2 is 2.12 bits per heavy atom. The smallest absolute Gasteiger partial charge is 0.305 e. The highest BCUT2D eigenvalue weighted by molar-refractivity contribution is 7.99. The van der Waals surface area contributed by atoms with Gasteiger partial charge in [-0.15, -0.1) is 0 Å². The summed E-state index contributed by atoms with van der Waals surface area (Å²) in [7, 11) is 0. The molecule has 2 aromatic rings. The molecule has 3 rings (SSSR count). The highest BCUT2D eigenvalue weighted by Gasteiger charge is 2.29. The molecule has 1 saturated heterocycles. The lowest BCUT2D eigenvalue weighted by molar-refractivity contribution is -0.140. The first-order valence-corrected chi connectivity index (χ1v) is 9.31. The topological polar surface area (TPSA) is 83.6 Å². The van der Waals surface area contributed by atoms with E-state index in [1.54, 1.807) is 23.6 Å². The number of amides is 1. The van der Waals surface area contributed by atoms with Crippen LogP contribution in [-0.4, -0.2) is 51.0 Å². The summed E-state index contributed by atoms with van der Waals surface area (Å²) in [5, 5.41) is 9.05. The van der Waals surface area contributed by atoms with Crippen LogP contribution >= 0.6 is 11.8 Å². The van der Waals surface area contributed by atoms with Gasteiger partial charge in [-0.1, -0.05) is 18.2 Å². The molecule has 7 heteroatoms. The number of thioether (sulfide) groups is 1. The van der Waals surface area contributed by atoms with Crippen LogP contribution in [0.25, 0.3) is 11.5 Å². The highest BCUT2D eigenvalue weighted by atomic mass is 32.2. The minimum absolute atomic E-state index is 0.0220. The lowest BCUT2D eigenvalue weighted by Gasteiger charge is -2.34. The maximum Gasteiger partial charge on any atom is 0.305 e. The molecule has 1 fully saturated rings. The summed E-state index contributed by atoms with van der Waals surface area (Å²) in [4.78, 5) is 29.9. The van der Waals surface area contributed by atoms with E-state index < -0.39 is 5.97 Å². The number of aliphatic carboxylic acids is 1. The molecule has 1 amide bonds. The van der Waals surface area contributed by atoms with E-state index in [0.717, 1.165) is 11.3 Å². The molecule has 1 aromatic heterocycles. The van der Waals surface area contributed by atoms with E-state index in [9.17, 15) is 9.59 Å². The lowest BCUT2D eigenvalue weighted by Crippen LogP contribution is -2.47. The van der Waals surface area contributed by atoms with Gasteiger partial charge in [-0.2, -0.15) is 11.8 Å². The van der Waals surface area contributed by atoms with E-state index in [-0.39, 0.29) is 24.8 Å². The van der Waals surface area contributed by atoms with Gasteiger partial charge in [0, 0.05) is 23.6 Å². The van der Waals surface area contributed by atoms with Crippen molar-refractivity contribution in [1.82, 2.24) is 9.88 Å². The minimum atomic E-state index is -0.880. The SMILES string of the molecule is Cc1oc(-c2ccccc2)nc1CC(=O)N1CCSCC1CC(=O)O. The van der Waals surface area contributed by atoms with Crippen molar-refractivity contribution in [3.8, 4) is 11.5 Å². The second-order valence-corrected chi connectivity index (χ2v) is 7.13. The van der Waals surface area contributed by atoms with E-state index in [0.29, 0.717) is 29.6 Å². The zero-order chi connectivity index (χ0) is 17.8. The third-order valence-corrected chi connectivity index (χ3v) is 5.28. The number of nitrogens with zero attached hydrogens (tertiary/aromatic N) is 2. The number of hydrogen-bond acceptors (Lipinski definition) is 5. The summed E-state index contributed by atoms with van der Waals surface area (Å²) in [5.41, 5.74) is 1.47. The molecule has 25 heavy (non-hydrogen) atoms. The number of benzene rings is 1. The van der Waals surface area contributed by atoms with Crippen LogP contribution in [0.3, 0.4) is 0 Å². The van der Waals surface area contributed by atoms with E-state index in [4.69, 9.17) is 9.52 Å². The Kier molecular flexibility index (Phi) is 5.43. The predicted octanol–water partition coefficient (Wildman–Crippen LogP) is 2.61. The second kappa shape index (κ2) is 7.74. The van der Waals surface area contributed by atoms with Gasteiger partial charge < -0.3 is 14.4 Å².